The summed E-state index contributed by atoms with van der Waals surface area (Å²) in [4.78, 5) is 23.4. The average Bonchev–Trinajstić information content (AvgIpc) is 2.73. The Kier molecular flexibility index (Phi) is 3.21. The molecule has 0 aliphatic heterocycles. The molecule has 0 spiro atoms. The second-order valence-corrected chi connectivity index (χ2v) is 4.14. The molecule has 0 bridgehead atoms. The first kappa shape index (κ1) is 10.7. The largest absolute Gasteiger partial charge is 0.345 e. The quantitative estimate of drug-likeness (QED) is 0.865. The van der Waals surface area contributed by atoms with Gasteiger partial charge in [-0.25, -0.2) is 15.0 Å². The number of rotatable bonds is 3. The van der Waals surface area contributed by atoms with E-state index in [1.54, 1.807) is 0 Å². The van der Waals surface area contributed by atoms with Gasteiger partial charge in [-0.2, -0.15) is 0 Å². The molecule has 0 aliphatic carbocycles. The van der Waals surface area contributed by atoms with E-state index < -0.39 is 0 Å². The van der Waals surface area contributed by atoms with E-state index >= 15 is 0 Å². The lowest BCUT2D eigenvalue weighted by Crippen LogP contribution is -2.22. The van der Waals surface area contributed by atoms with Crippen LogP contribution in [-0.2, 0) is 6.54 Å². The van der Waals surface area contributed by atoms with Gasteiger partial charge in [-0.1, -0.05) is 0 Å². The molecule has 6 heteroatoms. The number of amides is 1. The molecule has 0 fully saturated rings. The van der Waals surface area contributed by atoms with Gasteiger partial charge >= 0.3 is 0 Å². The van der Waals surface area contributed by atoms with Crippen molar-refractivity contribution in [3.05, 3.63) is 40.4 Å². The highest BCUT2D eigenvalue weighted by molar-refractivity contribution is 7.09. The SMILES string of the molecule is Cc1csc(CNC(=O)c2cncnc2)n1. The second-order valence-electron chi connectivity index (χ2n) is 3.19. The van der Waals surface area contributed by atoms with Crippen LogP contribution in [0.1, 0.15) is 21.1 Å². The summed E-state index contributed by atoms with van der Waals surface area (Å²) < 4.78 is 0. The van der Waals surface area contributed by atoms with Crippen molar-refractivity contribution >= 4 is 17.2 Å². The van der Waals surface area contributed by atoms with Gasteiger partial charge in [0.15, 0.2) is 0 Å². The molecule has 2 aromatic heterocycles. The molecule has 2 heterocycles. The van der Waals surface area contributed by atoms with Gasteiger partial charge in [-0.05, 0) is 6.92 Å². The molecule has 2 aromatic rings. The predicted molar refractivity (Wildman–Crippen MR) is 60.1 cm³/mol. The summed E-state index contributed by atoms with van der Waals surface area (Å²) in [6.45, 7) is 2.36. The first-order valence-corrected chi connectivity index (χ1v) is 5.58. The Morgan fingerprint density at radius 1 is 1.44 bits per heavy atom. The molecule has 5 nitrogen and oxygen atoms in total. The Hall–Kier alpha value is -1.82. The van der Waals surface area contributed by atoms with E-state index in [9.17, 15) is 4.79 Å². The molecule has 0 aromatic carbocycles. The van der Waals surface area contributed by atoms with Crippen LogP contribution in [0.3, 0.4) is 0 Å². The van der Waals surface area contributed by atoms with E-state index in [4.69, 9.17) is 0 Å². The molecule has 1 N–H and O–H groups in total. The van der Waals surface area contributed by atoms with Gasteiger partial charge < -0.3 is 5.32 Å². The number of carbonyl (C=O) groups excluding carboxylic acids is 1. The highest BCUT2D eigenvalue weighted by atomic mass is 32.1. The van der Waals surface area contributed by atoms with Crippen molar-refractivity contribution in [2.45, 2.75) is 13.5 Å². The van der Waals surface area contributed by atoms with Crippen molar-refractivity contribution in [1.82, 2.24) is 20.3 Å². The fraction of sp³-hybridized carbons (Fsp3) is 0.200. The third-order valence-corrected chi connectivity index (χ3v) is 2.86. The van der Waals surface area contributed by atoms with Gasteiger partial charge in [0.25, 0.3) is 5.91 Å². The van der Waals surface area contributed by atoms with Crippen LogP contribution in [0.4, 0.5) is 0 Å². The Morgan fingerprint density at radius 3 is 2.81 bits per heavy atom. The maximum atomic E-state index is 11.6. The van der Waals surface area contributed by atoms with Crippen LogP contribution < -0.4 is 5.32 Å². The Labute approximate surface area is 96.6 Å². The summed E-state index contributed by atoms with van der Waals surface area (Å²) in [6.07, 6.45) is 4.35. The minimum absolute atomic E-state index is 0.187. The van der Waals surface area contributed by atoms with Gasteiger partial charge in [0, 0.05) is 23.5 Å². The predicted octanol–water partition coefficient (Wildman–Crippen LogP) is 1.17. The summed E-state index contributed by atoms with van der Waals surface area (Å²) in [5.74, 6) is -0.187. The molecule has 0 saturated carbocycles. The van der Waals surface area contributed by atoms with Crippen LogP contribution >= 0.6 is 11.3 Å². The number of nitrogens with one attached hydrogen (secondary N) is 1. The van der Waals surface area contributed by atoms with Crippen molar-refractivity contribution in [1.29, 1.82) is 0 Å². The second kappa shape index (κ2) is 4.80. The van der Waals surface area contributed by atoms with Gasteiger partial charge in [0.05, 0.1) is 12.1 Å². The average molecular weight is 234 g/mol. The number of hydrogen-bond donors (Lipinski definition) is 1. The van der Waals surface area contributed by atoms with Gasteiger partial charge in [0.2, 0.25) is 0 Å². The zero-order chi connectivity index (χ0) is 11.4. The molecule has 82 valence electrons. The van der Waals surface area contributed by atoms with E-state index in [-0.39, 0.29) is 5.91 Å². The van der Waals surface area contributed by atoms with E-state index in [1.165, 1.54) is 30.1 Å². The third kappa shape index (κ3) is 2.60. The molecule has 0 radical (unpaired) electrons. The van der Waals surface area contributed by atoms with Crippen molar-refractivity contribution in [3.8, 4) is 0 Å². The number of thiazole rings is 1. The summed E-state index contributed by atoms with van der Waals surface area (Å²) in [6, 6.07) is 0. The van der Waals surface area contributed by atoms with Gasteiger partial charge in [-0.15, -0.1) is 11.3 Å². The number of carbonyl (C=O) groups is 1. The van der Waals surface area contributed by atoms with Crippen molar-refractivity contribution in [3.63, 3.8) is 0 Å². The Morgan fingerprint density at radius 2 is 2.19 bits per heavy atom. The van der Waals surface area contributed by atoms with Crippen LogP contribution in [0.25, 0.3) is 0 Å². The van der Waals surface area contributed by atoms with Crippen molar-refractivity contribution in [2.24, 2.45) is 0 Å². The number of hydrogen-bond acceptors (Lipinski definition) is 5. The minimum atomic E-state index is -0.187. The number of nitrogens with zero attached hydrogens (tertiary/aromatic N) is 3. The highest BCUT2D eigenvalue weighted by Gasteiger charge is 2.06. The van der Waals surface area contributed by atoms with E-state index in [0.29, 0.717) is 12.1 Å². The lowest BCUT2D eigenvalue weighted by Gasteiger charge is -2.01. The van der Waals surface area contributed by atoms with Gasteiger partial charge in [0.1, 0.15) is 11.3 Å². The van der Waals surface area contributed by atoms with Crippen LogP contribution in [0.5, 0.6) is 0 Å². The monoisotopic (exact) mass is 234 g/mol. The Bertz CT molecular complexity index is 483. The zero-order valence-electron chi connectivity index (χ0n) is 8.67. The van der Waals surface area contributed by atoms with Crippen LogP contribution in [-0.4, -0.2) is 20.9 Å². The van der Waals surface area contributed by atoms with E-state index in [1.807, 2.05) is 12.3 Å². The molecule has 0 aliphatic rings. The highest BCUT2D eigenvalue weighted by Crippen LogP contribution is 2.08. The molecule has 0 unspecified atom stereocenters. The summed E-state index contributed by atoms with van der Waals surface area (Å²) in [7, 11) is 0. The lowest BCUT2D eigenvalue weighted by atomic mass is 10.3. The molecular formula is C10H10N4OS. The molecule has 2 rings (SSSR count). The first-order chi connectivity index (χ1) is 7.75. The fourth-order valence-corrected chi connectivity index (χ4v) is 1.87. The molecule has 0 atom stereocenters. The standard InChI is InChI=1S/C10H10N4OS/c1-7-5-16-9(14-7)4-13-10(15)8-2-11-6-12-3-8/h2-3,5-6H,4H2,1H3,(H,13,15). The molecule has 0 saturated heterocycles. The smallest absolute Gasteiger partial charge is 0.254 e. The van der Waals surface area contributed by atoms with Crippen molar-refractivity contribution < 1.29 is 4.79 Å². The molecule has 16 heavy (non-hydrogen) atoms. The summed E-state index contributed by atoms with van der Waals surface area (Å²) in [5, 5.41) is 5.60. The maximum absolute atomic E-state index is 11.6. The normalized spacial score (nSPS) is 10.1. The Balaban J connectivity index is 1.94. The summed E-state index contributed by atoms with van der Waals surface area (Å²) in [5.41, 5.74) is 1.42. The zero-order valence-corrected chi connectivity index (χ0v) is 9.49. The van der Waals surface area contributed by atoms with E-state index in [2.05, 4.69) is 20.3 Å². The van der Waals surface area contributed by atoms with Crippen LogP contribution in [0, 0.1) is 6.92 Å². The van der Waals surface area contributed by atoms with E-state index in [0.717, 1.165) is 10.7 Å². The number of aromatic nitrogens is 3. The van der Waals surface area contributed by atoms with Crippen LogP contribution in [0.2, 0.25) is 0 Å². The summed E-state index contributed by atoms with van der Waals surface area (Å²) >= 11 is 1.53. The van der Waals surface area contributed by atoms with Crippen molar-refractivity contribution in [2.75, 3.05) is 0 Å². The maximum Gasteiger partial charge on any atom is 0.254 e. The lowest BCUT2D eigenvalue weighted by molar-refractivity contribution is 0.0950. The third-order valence-electron chi connectivity index (χ3n) is 1.89. The van der Waals surface area contributed by atoms with Gasteiger partial charge in [-0.3, -0.25) is 4.79 Å². The first-order valence-electron chi connectivity index (χ1n) is 4.70. The topological polar surface area (TPSA) is 67.8 Å². The fourth-order valence-electron chi connectivity index (χ4n) is 1.16. The number of aryl methyl sites for hydroxylation is 1. The minimum Gasteiger partial charge on any atom is -0.345 e. The van der Waals surface area contributed by atoms with Crippen LogP contribution in [0.15, 0.2) is 24.1 Å². The molecular weight excluding hydrogens is 224 g/mol. The molecule has 1 amide bonds.